The van der Waals surface area contributed by atoms with Crippen LogP contribution in [0.15, 0.2) is 62.4 Å². The highest BCUT2D eigenvalue weighted by Crippen LogP contribution is 2.44. The number of fused-ring (bicyclic) bond motifs is 1. The van der Waals surface area contributed by atoms with Gasteiger partial charge in [-0.3, -0.25) is 4.79 Å². The Balaban J connectivity index is 2.00. The number of hydrogen-bond donors (Lipinski definition) is 0. The number of thiazole rings is 1. The smallest absolute Gasteiger partial charge is 0.211 e. The van der Waals surface area contributed by atoms with Crippen molar-refractivity contribution in [1.29, 1.82) is 0 Å². The fourth-order valence-corrected chi connectivity index (χ4v) is 3.98. The topological polar surface area (TPSA) is 58.7 Å². The molecule has 0 aliphatic carbocycles. The monoisotopic (exact) mass is 453 g/mol. The number of aromatic nitrogens is 1. The molecule has 0 unspecified atom stereocenters. The first-order chi connectivity index (χ1) is 13.6. The van der Waals surface area contributed by atoms with E-state index in [4.69, 9.17) is 4.42 Å². The molecule has 0 aliphatic heterocycles. The van der Waals surface area contributed by atoms with E-state index >= 15 is 0 Å². The molecule has 5 nitrogen and oxygen atoms in total. The predicted octanol–water partition coefficient (Wildman–Crippen LogP) is 6.02. The highest BCUT2D eigenvalue weighted by Gasteiger charge is 2.23. The van der Waals surface area contributed by atoms with Crippen LogP contribution in [0.4, 0.5) is 5.13 Å². The van der Waals surface area contributed by atoms with Crippen LogP contribution in [-0.2, 0) is 0 Å². The summed E-state index contributed by atoms with van der Waals surface area (Å²) in [7, 11) is 3.76. The van der Waals surface area contributed by atoms with Gasteiger partial charge in [-0.25, -0.2) is 9.98 Å². The number of aliphatic imine (C=N–C) groups is 1. The number of halogens is 1. The lowest BCUT2D eigenvalue weighted by atomic mass is 10.0. The summed E-state index contributed by atoms with van der Waals surface area (Å²) in [5.74, 6) is 0.685. The van der Waals surface area contributed by atoms with Gasteiger partial charge in [-0.05, 0) is 18.2 Å². The molecule has 0 saturated carbocycles. The lowest BCUT2D eigenvalue weighted by Gasteiger charge is -2.02. The van der Waals surface area contributed by atoms with Crippen LogP contribution in [-0.4, -0.2) is 36.6 Å². The molecule has 140 valence electrons. The zero-order chi connectivity index (χ0) is 19.7. The van der Waals surface area contributed by atoms with Gasteiger partial charge in [0.05, 0.1) is 22.5 Å². The molecule has 4 rings (SSSR count). The van der Waals surface area contributed by atoms with Gasteiger partial charge >= 0.3 is 0 Å². The van der Waals surface area contributed by atoms with Gasteiger partial charge in [0.2, 0.25) is 5.13 Å². The first-order valence-corrected chi connectivity index (χ1v) is 10.1. The SMILES string of the molecule is CN(C)/C=N/c1nc(-c2c(-c3ccccc3)oc3ccc(Br)cc23)c(C=O)s1. The molecule has 28 heavy (non-hydrogen) atoms. The van der Waals surface area contributed by atoms with Crippen LogP contribution in [0, 0.1) is 0 Å². The minimum atomic E-state index is 0.519. The van der Waals surface area contributed by atoms with Crippen LogP contribution in [0.2, 0.25) is 0 Å². The Labute approximate surface area is 174 Å². The number of carbonyl (C=O) groups excluding carboxylic acids is 1. The van der Waals surface area contributed by atoms with E-state index in [0.717, 1.165) is 32.9 Å². The van der Waals surface area contributed by atoms with Crippen molar-refractivity contribution in [1.82, 2.24) is 9.88 Å². The van der Waals surface area contributed by atoms with Crippen LogP contribution in [0.1, 0.15) is 9.67 Å². The Morgan fingerprint density at radius 1 is 1.18 bits per heavy atom. The Hall–Kier alpha value is -2.77. The Kier molecular flexibility index (Phi) is 5.11. The summed E-state index contributed by atoms with van der Waals surface area (Å²) in [6, 6.07) is 15.6. The highest BCUT2D eigenvalue weighted by molar-refractivity contribution is 9.10. The number of hydrogen-bond acceptors (Lipinski definition) is 5. The fourth-order valence-electron chi connectivity index (χ4n) is 2.90. The maximum Gasteiger partial charge on any atom is 0.211 e. The summed E-state index contributed by atoms with van der Waals surface area (Å²) in [5, 5.41) is 1.42. The van der Waals surface area contributed by atoms with Gasteiger partial charge in [0, 0.05) is 29.5 Å². The van der Waals surface area contributed by atoms with Crippen molar-refractivity contribution in [2.75, 3.05) is 14.1 Å². The lowest BCUT2D eigenvalue weighted by molar-refractivity contribution is 0.112. The van der Waals surface area contributed by atoms with Gasteiger partial charge in [-0.2, -0.15) is 0 Å². The van der Waals surface area contributed by atoms with Crippen LogP contribution < -0.4 is 0 Å². The maximum atomic E-state index is 11.8. The number of furan rings is 1. The number of carbonyl (C=O) groups is 1. The van der Waals surface area contributed by atoms with Gasteiger partial charge in [-0.15, -0.1) is 0 Å². The first-order valence-electron chi connectivity index (χ1n) is 8.51. The fraction of sp³-hybridized carbons (Fsp3) is 0.0952. The first kappa shape index (κ1) is 18.6. The molecule has 2 heterocycles. The van der Waals surface area contributed by atoms with Crippen LogP contribution in [0.5, 0.6) is 0 Å². The summed E-state index contributed by atoms with van der Waals surface area (Å²) in [4.78, 5) is 23.1. The van der Waals surface area contributed by atoms with Crippen molar-refractivity contribution < 1.29 is 9.21 Å². The number of aldehydes is 1. The second-order valence-corrected chi connectivity index (χ2v) is 8.27. The molecule has 0 saturated heterocycles. The van der Waals surface area contributed by atoms with Crippen molar-refractivity contribution in [3.8, 4) is 22.6 Å². The van der Waals surface area contributed by atoms with Crippen molar-refractivity contribution in [2.45, 2.75) is 0 Å². The Morgan fingerprint density at radius 3 is 2.68 bits per heavy atom. The number of rotatable bonds is 5. The van der Waals surface area contributed by atoms with Crippen molar-refractivity contribution in [2.24, 2.45) is 4.99 Å². The molecule has 7 heteroatoms. The minimum absolute atomic E-state index is 0.519. The standard InChI is InChI=1S/C21H16BrN3O2S/c1-25(2)12-23-21-24-19(17(11-26)28-21)18-15-10-14(22)8-9-16(15)27-20(18)13-6-4-3-5-7-13/h3-12H,1-2H3/b23-12+. The molecule has 4 aromatic rings. The van der Waals surface area contributed by atoms with Gasteiger partial charge in [-0.1, -0.05) is 57.6 Å². The van der Waals surface area contributed by atoms with Crippen LogP contribution in [0.3, 0.4) is 0 Å². The quantitative estimate of drug-likeness (QED) is 0.210. The van der Waals surface area contributed by atoms with E-state index in [1.807, 2.05) is 67.5 Å². The molecule has 0 atom stereocenters. The van der Waals surface area contributed by atoms with E-state index in [1.165, 1.54) is 11.3 Å². The second-order valence-electron chi connectivity index (χ2n) is 6.35. The Morgan fingerprint density at radius 2 is 1.96 bits per heavy atom. The van der Waals surface area contributed by atoms with Crippen molar-refractivity contribution in [3.05, 3.63) is 57.9 Å². The van der Waals surface area contributed by atoms with E-state index in [9.17, 15) is 4.79 Å². The third kappa shape index (κ3) is 3.50. The minimum Gasteiger partial charge on any atom is -0.455 e. The largest absolute Gasteiger partial charge is 0.455 e. The Bertz CT molecular complexity index is 1180. The normalized spacial score (nSPS) is 11.4. The van der Waals surface area contributed by atoms with E-state index in [1.54, 1.807) is 6.34 Å². The van der Waals surface area contributed by atoms with Crippen molar-refractivity contribution in [3.63, 3.8) is 0 Å². The molecule has 2 aromatic heterocycles. The molecular weight excluding hydrogens is 438 g/mol. The average Bonchev–Trinajstić information content (AvgIpc) is 3.27. The molecule has 0 N–H and O–H groups in total. The number of benzene rings is 2. The van der Waals surface area contributed by atoms with Crippen molar-refractivity contribution >= 4 is 56.0 Å². The third-order valence-electron chi connectivity index (χ3n) is 4.07. The summed E-state index contributed by atoms with van der Waals surface area (Å²) >= 11 is 4.79. The van der Waals surface area contributed by atoms with Crippen LogP contribution in [0.25, 0.3) is 33.6 Å². The number of nitrogens with zero attached hydrogens (tertiary/aromatic N) is 3. The van der Waals surface area contributed by atoms with Gasteiger partial charge in [0.15, 0.2) is 6.29 Å². The lowest BCUT2D eigenvalue weighted by Crippen LogP contribution is -2.06. The molecule has 2 aromatic carbocycles. The summed E-state index contributed by atoms with van der Waals surface area (Å²) in [5.41, 5.74) is 3.04. The zero-order valence-corrected chi connectivity index (χ0v) is 17.6. The summed E-state index contributed by atoms with van der Waals surface area (Å²) < 4.78 is 7.11. The molecule has 0 aliphatic rings. The summed E-state index contributed by atoms with van der Waals surface area (Å²) in [6.45, 7) is 0. The molecular formula is C21H16BrN3O2S. The summed E-state index contributed by atoms with van der Waals surface area (Å²) in [6.07, 6.45) is 2.49. The average molecular weight is 454 g/mol. The van der Waals surface area contributed by atoms with E-state index in [0.29, 0.717) is 21.5 Å². The molecule has 0 radical (unpaired) electrons. The van der Waals surface area contributed by atoms with E-state index < -0.39 is 0 Å². The van der Waals surface area contributed by atoms with E-state index in [2.05, 4.69) is 25.9 Å². The van der Waals surface area contributed by atoms with Gasteiger partial charge in [0.1, 0.15) is 11.3 Å². The van der Waals surface area contributed by atoms with E-state index in [-0.39, 0.29) is 0 Å². The third-order valence-corrected chi connectivity index (χ3v) is 5.45. The molecule has 0 spiro atoms. The molecule has 0 fully saturated rings. The highest BCUT2D eigenvalue weighted by atomic mass is 79.9. The predicted molar refractivity (Wildman–Crippen MR) is 118 cm³/mol. The molecule has 0 bridgehead atoms. The second kappa shape index (κ2) is 7.69. The molecule has 0 amide bonds. The van der Waals surface area contributed by atoms with Crippen LogP contribution >= 0.6 is 27.3 Å². The maximum absolute atomic E-state index is 11.8. The van der Waals surface area contributed by atoms with Gasteiger partial charge in [0.25, 0.3) is 0 Å². The zero-order valence-electron chi connectivity index (χ0n) is 15.2. The van der Waals surface area contributed by atoms with Gasteiger partial charge < -0.3 is 9.32 Å².